The maximum Gasteiger partial charge on any atom is 0.0493 e. The normalized spacial score (nSPS) is 11.3. The lowest BCUT2D eigenvalue weighted by Gasteiger charge is -2.14. The van der Waals surface area contributed by atoms with Gasteiger partial charge < -0.3 is 4.57 Å². The third-order valence-electron chi connectivity index (χ3n) is 3.65. The Morgan fingerprint density at radius 1 is 0.762 bits per heavy atom. The van der Waals surface area contributed by atoms with Crippen LogP contribution in [0, 0.1) is 0 Å². The van der Waals surface area contributed by atoms with Crippen molar-refractivity contribution in [3.63, 3.8) is 0 Å². The number of benzene rings is 2. The van der Waals surface area contributed by atoms with E-state index in [1.807, 2.05) is 27.7 Å². The molecule has 0 spiro atoms. The summed E-state index contributed by atoms with van der Waals surface area (Å²) in [5.74, 6) is 0. The Hall–Kier alpha value is -1.76. The average molecular weight is 283 g/mol. The molecule has 0 saturated carbocycles. The van der Waals surface area contributed by atoms with Crippen LogP contribution in [0.2, 0.25) is 0 Å². The van der Waals surface area contributed by atoms with E-state index in [1.165, 1.54) is 21.8 Å². The van der Waals surface area contributed by atoms with Crippen LogP contribution in [0.5, 0.6) is 0 Å². The predicted molar refractivity (Wildman–Crippen MR) is 97.1 cm³/mol. The van der Waals surface area contributed by atoms with Crippen LogP contribution in [0.1, 0.15) is 54.0 Å². The molecule has 0 aliphatic heterocycles. The summed E-state index contributed by atoms with van der Waals surface area (Å²) < 4.78 is 2.46. The SMILES string of the molecule is CC.CC.CC[C@@H](C)n1c2ccccc2c2ccccc21. The lowest BCUT2D eigenvalue weighted by Crippen LogP contribution is -2.02. The second-order valence-electron chi connectivity index (χ2n) is 4.66. The monoisotopic (exact) mass is 283 g/mol. The fourth-order valence-corrected chi connectivity index (χ4v) is 2.61. The Bertz CT molecular complexity index is 610. The fraction of sp³-hybridized carbons (Fsp3) is 0.400. The molecule has 3 rings (SSSR count). The predicted octanol–water partition coefficient (Wildman–Crippen LogP) is 6.82. The van der Waals surface area contributed by atoms with E-state index in [1.54, 1.807) is 0 Å². The summed E-state index contributed by atoms with van der Waals surface area (Å²) in [5.41, 5.74) is 2.70. The van der Waals surface area contributed by atoms with E-state index in [-0.39, 0.29) is 0 Å². The van der Waals surface area contributed by atoms with E-state index >= 15 is 0 Å². The molecule has 0 unspecified atom stereocenters. The van der Waals surface area contributed by atoms with Gasteiger partial charge in [-0.1, -0.05) is 71.0 Å². The van der Waals surface area contributed by atoms with Gasteiger partial charge in [0.15, 0.2) is 0 Å². The van der Waals surface area contributed by atoms with E-state index < -0.39 is 0 Å². The van der Waals surface area contributed by atoms with Crippen LogP contribution in [-0.2, 0) is 0 Å². The molecule has 0 amide bonds. The van der Waals surface area contributed by atoms with Crippen molar-refractivity contribution in [3.05, 3.63) is 48.5 Å². The molecule has 1 heteroatoms. The molecule has 1 aromatic heterocycles. The highest BCUT2D eigenvalue weighted by atomic mass is 15.0. The second-order valence-corrected chi connectivity index (χ2v) is 4.66. The van der Waals surface area contributed by atoms with Crippen molar-refractivity contribution < 1.29 is 0 Å². The summed E-state index contributed by atoms with van der Waals surface area (Å²) >= 11 is 0. The van der Waals surface area contributed by atoms with E-state index in [0.717, 1.165) is 6.42 Å². The first-order valence-electron chi connectivity index (χ1n) is 8.30. The number of fused-ring (bicyclic) bond motifs is 3. The molecule has 0 saturated heterocycles. The maximum absolute atomic E-state index is 2.46. The Morgan fingerprint density at radius 3 is 1.52 bits per heavy atom. The number of hydrogen-bond donors (Lipinski definition) is 0. The lowest BCUT2D eigenvalue weighted by atomic mass is 10.2. The molecule has 0 N–H and O–H groups in total. The number of hydrogen-bond acceptors (Lipinski definition) is 0. The highest BCUT2D eigenvalue weighted by Crippen LogP contribution is 2.32. The number of nitrogens with zero attached hydrogens (tertiary/aromatic N) is 1. The summed E-state index contributed by atoms with van der Waals surface area (Å²) in [5, 5.41) is 2.73. The zero-order valence-electron chi connectivity index (χ0n) is 14.4. The maximum atomic E-state index is 2.46. The van der Waals surface area contributed by atoms with Crippen molar-refractivity contribution in [2.75, 3.05) is 0 Å². The van der Waals surface area contributed by atoms with Gasteiger partial charge in [-0.25, -0.2) is 0 Å². The largest absolute Gasteiger partial charge is 0.338 e. The zero-order valence-corrected chi connectivity index (χ0v) is 14.4. The average Bonchev–Trinajstić information content (AvgIpc) is 2.92. The van der Waals surface area contributed by atoms with Gasteiger partial charge >= 0.3 is 0 Å². The third kappa shape index (κ3) is 3.29. The Balaban J connectivity index is 0.000000510. The molecule has 2 aromatic carbocycles. The van der Waals surface area contributed by atoms with Gasteiger partial charge in [-0.15, -0.1) is 0 Å². The van der Waals surface area contributed by atoms with Crippen molar-refractivity contribution in [2.45, 2.75) is 54.0 Å². The van der Waals surface area contributed by atoms with E-state index in [9.17, 15) is 0 Å². The Labute approximate surface area is 129 Å². The van der Waals surface area contributed by atoms with Crippen molar-refractivity contribution >= 4 is 21.8 Å². The molecule has 0 radical (unpaired) electrons. The number of rotatable bonds is 2. The van der Waals surface area contributed by atoms with Gasteiger partial charge in [0.05, 0.1) is 0 Å². The molecule has 0 fully saturated rings. The topological polar surface area (TPSA) is 4.93 Å². The summed E-state index contributed by atoms with van der Waals surface area (Å²) in [6, 6.07) is 17.9. The van der Waals surface area contributed by atoms with Crippen LogP contribution < -0.4 is 0 Å². The molecule has 0 aliphatic carbocycles. The Morgan fingerprint density at radius 2 is 1.14 bits per heavy atom. The van der Waals surface area contributed by atoms with E-state index in [4.69, 9.17) is 0 Å². The first kappa shape index (κ1) is 17.3. The molecule has 3 aromatic rings. The molecular formula is C20H29N. The fourth-order valence-electron chi connectivity index (χ4n) is 2.61. The molecule has 21 heavy (non-hydrogen) atoms. The van der Waals surface area contributed by atoms with Gasteiger partial charge in [-0.3, -0.25) is 0 Å². The van der Waals surface area contributed by atoms with E-state index in [0.29, 0.717) is 6.04 Å². The first-order valence-corrected chi connectivity index (χ1v) is 8.30. The smallest absolute Gasteiger partial charge is 0.0493 e. The minimum Gasteiger partial charge on any atom is -0.338 e. The van der Waals surface area contributed by atoms with Gasteiger partial charge in [0.2, 0.25) is 0 Å². The quantitative estimate of drug-likeness (QED) is 0.486. The van der Waals surface area contributed by atoms with Crippen LogP contribution in [0.15, 0.2) is 48.5 Å². The summed E-state index contributed by atoms with van der Waals surface area (Å²) in [4.78, 5) is 0. The van der Waals surface area contributed by atoms with Gasteiger partial charge in [0, 0.05) is 27.8 Å². The van der Waals surface area contributed by atoms with Crippen LogP contribution in [0.4, 0.5) is 0 Å². The minimum absolute atomic E-state index is 0.541. The zero-order chi connectivity index (χ0) is 15.8. The lowest BCUT2D eigenvalue weighted by molar-refractivity contribution is 0.563. The van der Waals surface area contributed by atoms with Gasteiger partial charge in [-0.2, -0.15) is 0 Å². The van der Waals surface area contributed by atoms with Crippen molar-refractivity contribution in [1.82, 2.24) is 4.57 Å². The van der Waals surface area contributed by atoms with Crippen molar-refractivity contribution in [1.29, 1.82) is 0 Å². The number of para-hydroxylation sites is 2. The second kappa shape index (κ2) is 8.51. The van der Waals surface area contributed by atoms with Gasteiger partial charge in [0.1, 0.15) is 0 Å². The molecule has 1 heterocycles. The van der Waals surface area contributed by atoms with Crippen molar-refractivity contribution in [3.8, 4) is 0 Å². The summed E-state index contributed by atoms with van der Waals surface area (Å²) in [6.07, 6.45) is 1.16. The molecular weight excluding hydrogens is 254 g/mol. The summed E-state index contributed by atoms with van der Waals surface area (Å²) in [6.45, 7) is 12.5. The highest BCUT2D eigenvalue weighted by molar-refractivity contribution is 6.08. The molecule has 0 bridgehead atoms. The third-order valence-corrected chi connectivity index (χ3v) is 3.65. The molecule has 0 aliphatic rings. The molecule has 114 valence electrons. The minimum atomic E-state index is 0.541. The van der Waals surface area contributed by atoms with E-state index in [2.05, 4.69) is 66.9 Å². The highest BCUT2D eigenvalue weighted by Gasteiger charge is 2.12. The molecule has 1 atom stereocenters. The van der Waals surface area contributed by atoms with Gasteiger partial charge in [0.25, 0.3) is 0 Å². The van der Waals surface area contributed by atoms with Crippen LogP contribution in [0.25, 0.3) is 21.8 Å². The molecule has 1 nitrogen and oxygen atoms in total. The van der Waals surface area contributed by atoms with Crippen LogP contribution in [-0.4, -0.2) is 4.57 Å². The number of aromatic nitrogens is 1. The van der Waals surface area contributed by atoms with Crippen LogP contribution in [0.3, 0.4) is 0 Å². The summed E-state index contributed by atoms with van der Waals surface area (Å²) in [7, 11) is 0. The van der Waals surface area contributed by atoms with Crippen molar-refractivity contribution in [2.24, 2.45) is 0 Å². The Kier molecular flexibility index (Phi) is 7.01. The first-order chi connectivity index (χ1) is 10.3. The standard InChI is InChI=1S/C16H17N.2C2H6/c1-3-12(2)17-15-10-6-4-8-13(15)14-9-5-7-11-16(14)17;2*1-2/h4-12H,3H2,1-2H3;2*1-2H3/t12-;;/m1../s1. The van der Waals surface area contributed by atoms with Gasteiger partial charge in [-0.05, 0) is 25.5 Å². The van der Waals surface area contributed by atoms with Crippen LogP contribution >= 0.6 is 0 Å².